The molecule has 0 aliphatic heterocycles. The smallest absolute Gasteiger partial charge is 0.226 e. The van der Waals surface area contributed by atoms with E-state index in [9.17, 15) is 9.18 Å². The van der Waals surface area contributed by atoms with Gasteiger partial charge in [-0.25, -0.2) is 4.39 Å². The van der Waals surface area contributed by atoms with Gasteiger partial charge in [-0.3, -0.25) is 4.79 Å². The minimum absolute atomic E-state index is 0.102. The number of benzene rings is 2. The Morgan fingerprint density at radius 1 is 1.08 bits per heavy atom. The van der Waals surface area contributed by atoms with Gasteiger partial charge < -0.3 is 9.88 Å². The van der Waals surface area contributed by atoms with Crippen LogP contribution in [-0.4, -0.2) is 10.5 Å². The van der Waals surface area contributed by atoms with Crippen LogP contribution < -0.4 is 5.32 Å². The van der Waals surface area contributed by atoms with Crippen LogP contribution in [0.4, 0.5) is 10.1 Å². The highest BCUT2D eigenvalue weighted by atomic mass is 19.1. The summed E-state index contributed by atoms with van der Waals surface area (Å²) in [5.74, 6) is -0.517. The van der Waals surface area contributed by atoms with E-state index in [1.807, 2.05) is 60.3 Å². The first kappa shape index (κ1) is 16.0. The number of aromatic nitrogens is 1. The molecule has 0 saturated heterocycles. The lowest BCUT2D eigenvalue weighted by atomic mass is 9.98. The molecule has 1 N–H and O–H groups in total. The van der Waals surface area contributed by atoms with Crippen LogP contribution in [-0.2, 0) is 4.79 Å². The van der Waals surface area contributed by atoms with E-state index in [2.05, 4.69) is 5.32 Å². The molecule has 2 aromatic carbocycles. The van der Waals surface area contributed by atoms with E-state index in [4.69, 9.17) is 0 Å². The number of nitrogens with zero attached hydrogens (tertiary/aromatic N) is 1. The number of anilines is 1. The maximum absolute atomic E-state index is 13.3. The standard InChI is InChI=1S/C20H19FN2O/c1-15-7-2-3-10-18(15)19(23-11-4-5-12-23)14-20(24)22-17-9-6-8-16(21)13-17/h2-13,19H,14H2,1H3,(H,22,24)/t19-/m1/s1. The molecule has 0 aliphatic rings. The molecule has 0 saturated carbocycles. The predicted molar refractivity (Wildman–Crippen MR) is 93.4 cm³/mol. The van der Waals surface area contributed by atoms with Gasteiger partial charge in [0.15, 0.2) is 0 Å². The van der Waals surface area contributed by atoms with E-state index < -0.39 is 0 Å². The third-order valence-corrected chi connectivity index (χ3v) is 4.02. The Morgan fingerprint density at radius 3 is 2.54 bits per heavy atom. The fourth-order valence-electron chi connectivity index (χ4n) is 2.85. The first-order valence-corrected chi connectivity index (χ1v) is 7.87. The molecule has 0 bridgehead atoms. The summed E-state index contributed by atoms with van der Waals surface area (Å²) in [6.07, 6.45) is 4.18. The number of carbonyl (C=O) groups excluding carboxylic acids is 1. The summed E-state index contributed by atoms with van der Waals surface area (Å²) in [4.78, 5) is 12.5. The van der Waals surface area contributed by atoms with Crippen LogP contribution in [0, 0.1) is 12.7 Å². The van der Waals surface area contributed by atoms with Crippen molar-refractivity contribution in [2.24, 2.45) is 0 Å². The highest BCUT2D eigenvalue weighted by molar-refractivity contribution is 5.91. The summed E-state index contributed by atoms with van der Waals surface area (Å²) in [7, 11) is 0. The molecule has 0 radical (unpaired) electrons. The third-order valence-electron chi connectivity index (χ3n) is 4.02. The van der Waals surface area contributed by atoms with Crippen LogP contribution in [0.3, 0.4) is 0 Å². The molecule has 1 amide bonds. The summed E-state index contributed by atoms with van der Waals surface area (Å²) in [5, 5.41) is 2.77. The van der Waals surface area contributed by atoms with Gasteiger partial charge in [-0.1, -0.05) is 30.3 Å². The molecule has 0 fully saturated rings. The molecule has 0 unspecified atom stereocenters. The third kappa shape index (κ3) is 3.71. The van der Waals surface area contributed by atoms with E-state index in [1.165, 1.54) is 12.1 Å². The van der Waals surface area contributed by atoms with Crippen LogP contribution in [0.5, 0.6) is 0 Å². The number of aryl methyl sites for hydroxylation is 1. The minimum Gasteiger partial charge on any atom is -0.346 e. The van der Waals surface area contributed by atoms with Crippen LogP contribution >= 0.6 is 0 Å². The molecule has 0 spiro atoms. The van der Waals surface area contributed by atoms with Gasteiger partial charge in [0, 0.05) is 18.1 Å². The van der Waals surface area contributed by atoms with Crippen LogP contribution in [0.25, 0.3) is 0 Å². The van der Waals surface area contributed by atoms with Crippen molar-refractivity contribution in [1.82, 2.24) is 4.57 Å². The quantitative estimate of drug-likeness (QED) is 0.734. The molecule has 0 aliphatic carbocycles. The topological polar surface area (TPSA) is 34.0 Å². The molecule has 24 heavy (non-hydrogen) atoms. The highest BCUT2D eigenvalue weighted by Gasteiger charge is 2.19. The predicted octanol–water partition coefficient (Wildman–Crippen LogP) is 4.55. The second-order valence-electron chi connectivity index (χ2n) is 5.77. The van der Waals surface area contributed by atoms with Gasteiger partial charge in [0.2, 0.25) is 5.91 Å². The van der Waals surface area contributed by atoms with Crippen molar-refractivity contribution in [3.05, 3.63) is 90.0 Å². The molecule has 122 valence electrons. The van der Waals surface area contributed by atoms with E-state index >= 15 is 0 Å². The maximum Gasteiger partial charge on any atom is 0.226 e. The van der Waals surface area contributed by atoms with Crippen LogP contribution in [0.15, 0.2) is 73.1 Å². The molecule has 1 atom stereocenters. The second kappa shape index (κ2) is 7.13. The summed E-state index contributed by atoms with van der Waals surface area (Å²) >= 11 is 0. The van der Waals surface area contributed by atoms with Gasteiger partial charge in [0.25, 0.3) is 0 Å². The molecule has 4 heteroatoms. The van der Waals surface area contributed by atoms with Gasteiger partial charge in [0.05, 0.1) is 12.5 Å². The molecule has 3 nitrogen and oxygen atoms in total. The summed E-state index contributed by atoms with van der Waals surface area (Å²) in [6.45, 7) is 2.04. The second-order valence-corrected chi connectivity index (χ2v) is 5.77. The normalized spacial score (nSPS) is 11.9. The number of hydrogen-bond acceptors (Lipinski definition) is 1. The lowest BCUT2D eigenvalue weighted by molar-refractivity contribution is -0.116. The Hall–Kier alpha value is -2.88. The lowest BCUT2D eigenvalue weighted by Crippen LogP contribution is -2.20. The molecule has 1 heterocycles. The molecule has 3 rings (SSSR count). The Morgan fingerprint density at radius 2 is 1.83 bits per heavy atom. The summed E-state index contributed by atoms with van der Waals surface area (Å²) < 4.78 is 15.3. The fraction of sp³-hybridized carbons (Fsp3) is 0.150. The number of amides is 1. The Labute approximate surface area is 140 Å². The molecular formula is C20H19FN2O. The maximum atomic E-state index is 13.3. The van der Waals surface area contributed by atoms with Crippen molar-refractivity contribution in [3.63, 3.8) is 0 Å². The largest absolute Gasteiger partial charge is 0.346 e. The van der Waals surface area contributed by atoms with Gasteiger partial charge in [-0.15, -0.1) is 0 Å². The number of hydrogen-bond donors (Lipinski definition) is 1. The van der Waals surface area contributed by atoms with E-state index in [0.29, 0.717) is 5.69 Å². The van der Waals surface area contributed by atoms with Crippen molar-refractivity contribution >= 4 is 11.6 Å². The van der Waals surface area contributed by atoms with Crippen LogP contribution in [0.2, 0.25) is 0 Å². The first-order valence-electron chi connectivity index (χ1n) is 7.87. The van der Waals surface area contributed by atoms with Crippen molar-refractivity contribution < 1.29 is 9.18 Å². The average Bonchev–Trinajstić information content (AvgIpc) is 3.07. The molecule has 3 aromatic rings. The summed E-state index contributed by atoms with van der Waals surface area (Å²) in [5.41, 5.74) is 2.70. The first-order chi connectivity index (χ1) is 11.6. The number of nitrogens with one attached hydrogen (secondary N) is 1. The number of rotatable bonds is 5. The molecular weight excluding hydrogens is 303 g/mol. The Kier molecular flexibility index (Phi) is 4.75. The monoisotopic (exact) mass is 322 g/mol. The SMILES string of the molecule is Cc1ccccc1[C@@H](CC(=O)Nc1cccc(F)c1)n1cccc1. The van der Waals surface area contributed by atoms with Crippen molar-refractivity contribution in [1.29, 1.82) is 0 Å². The van der Waals surface area contributed by atoms with Gasteiger partial charge >= 0.3 is 0 Å². The molecule has 1 aromatic heterocycles. The number of carbonyl (C=O) groups is 1. The number of halogens is 1. The average molecular weight is 322 g/mol. The van der Waals surface area contributed by atoms with E-state index in [-0.39, 0.29) is 24.2 Å². The minimum atomic E-state index is -0.367. The van der Waals surface area contributed by atoms with Gasteiger partial charge in [-0.2, -0.15) is 0 Å². The van der Waals surface area contributed by atoms with Gasteiger partial charge in [0.1, 0.15) is 5.82 Å². The van der Waals surface area contributed by atoms with Crippen molar-refractivity contribution in [2.45, 2.75) is 19.4 Å². The fourth-order valence-corrected chi connectivity index (χ4v) is 2.85. The van der Waals surface area contributed by atoms with Gasteiger partial charge in [-0.05, 0) is 48.4 Å². The Balaban J connectivity index is 1.82. The zero-order valence-electron chi connectivity index (χ0n) is 13.4. The van der Waals surface area contributed by atoms with E-state index in [0.717, 1.165) is 11.1 Å². The lowest BCUT2D eigenvalue weighted by Gasteiger charge is -2.21. The highest BCUT2D eigenvalue weighted by Crippen LogP contribution is 2.26. The van der Waals surface area contributed by atoms with Crippen molar-refractivity contribution in [3.8, 4) is 0 Å². The van der Waals surface area contributed by atoms with E-state index in [1.54, 1.807) is 12.1 Å². The zero-order valence-corrected chi connectivity index (χ0v) is 13.4. The summed E-state index contributed by atoms with van der Waals surface area (Å²) in [6, 6.07) is 17.7. The zero-order chi connectivity index (χ0) is 16.9. The van der Waals surface area contributed by atoms with Crippen LogP contribution in [0.1, 0.15) is 23.6 Å². The Bertz CT molecular complexity index is 827. The van der Waals surface area contributed by atoms with Crippen molar-refractivity contribution in [2.75, 3.05) is 5.32 Å².